The fourth-order valence-corrected chi connectivity index (χ4v) is 8.44. The molecule has 4 rings (SSSR count). The molecule has 0 bridgehead atoms. The van der Waals surface area contributed by atoms with Gasteiger partial charge in [-0.25, -0.2) is 0 Å². The van der Waals surface area contributed by atoms with Crippen LogP contribution in [0.3, 0.4) is 0 Å². The van der Waals surface area contributed by atoms with Gasteiger partial charge in [0.25, 0.3) is 0 Å². The molecule has 1 aliphatic rings. The Balaban J connectivity index is 2.07. The van der Waals surface area contributed by atoms with Gasteiger partial charge in [-0.3, -0.25) is 0 Å². The van der Waals surface area contributed by atoms with Gasteiger partial charge in [-0.1, -0.05) is 0 Å². The van der Waals surface area contributed by atoms with Crippen LogP contribution in [-0.4, -0.2) is 28.5 Å². The number of rotatable bonds is 1. The number of anilines is 3. The van der Waals surface area contributed by atoms with Crippen LogP contribution in [0.1, 0.15) is 0 Å². The third-order valence-electron chi connectivity index (χ3n) is 4.42. The van der Waals surface area contributed by atoms with Crippen LogP contribution in [-0.2, 0) is 0 Å². The first-order valence-electron chi connectivity index (χ1n) is 7.32. The summed E-state index contributed by atoms with van der Waals surface area (Å²) in [5, 5.41) is 2.77. The second-order valence-electron chi connectivity index (χ2n) is 6.09. The molecule has 0 amide bonds. The molecule has 0 unspecified atom stereocenters. The number of halogens is 1. The number of para-hydroxylation sites is 1. The van der Waals surface area contributed by atoms with E-state index in [9.17, 15) is 4.39 Å². The van der Waals surface area contributed by atoms with Gasteiger partial charge < -0.3 is 0 Å². The first-order chi connectivity index (χ1) is 10.6. The number of hydrogen-bond acceptors (Lipinski definition) is 1. The summed E-state index contributed by atoms with van der Waals surface area (Å²) in [7, 11) is -1.79. The zero-order chi connectivity index (χ0) is 15.3. The Morgan fingerprint density at radius 3 is 2.45 bits per heavy atom. The quantitative estimate of drug-likeness (QED) is 0.545. The van der Waals surface area contributed by atoms with E-state index in [1.807, 2.05) is 6.07 Å². The summed E-state index contributed by atoms with van der Waals surface area (Å²) >= 11 is -0.332. The van der Waals surface area contributed by atoms with Gasteiger partial charge >= 0.3 is 141 Å². The van der Waals surface area contributed by atoms with Crippen molar-refractivity contribution in [2.75, 3.05) is 4.90 Å². The molecular formula is C18H16FNSiTe. The molecule has 0 saturated carbocycles. The van der Waals surface area contributed by atoms with Crippen molar-refractivity contribution in [1.82, 2.24) is 0 Å². The fraction of sp³-hybridized carbons (Fsp3) is 0.111. The Morgan fingerprint density at radius 2 is 1.68 bits per heavy atom. The zero-order valence-corrected chi connectivity index (χ0v) is 15.8. The van der Waals surface area contributed by atoms with Gasteiger partial charge in [-0.05, 0) is 0 Å². The van der Waals surface area contributed by atoms with Crippen molar-refractivity contribution >= 4 is 54.0 Å². The number of fused-ring (bicyclic) bond motifs is 2. The SMILES string of the molecule is C[Si]1(C)c2ccccc2N(c2ccc[te]2)c2cc(F)ccc21. The van der Waals surface area contributed by atoms with E-state index in [2.05, 4.69) is 58.5 Å². The van der Waals surface area contributed by atoms with Crippen molar-refractivity contribution in [3.63, 3.8) is 0 Å². The van der Waals surface area contributed by atoms with Crippen LogP contribution in [0.5, 0.6) is 0 Å². The van der Waals surface area contributed by atoms with E-state index in [1.165, 1.54) is 19.8 Å². The van der Waals surface area contributed by atoms with Gasteiger partial charge in [-0.2, -0.15) is 0 Å². The van der Waals surface area contributed by atoms with Crippen molar-refractivity contribution in [2.45, 2.75) is 13.1 Å². The zero-order valence-electron chi connectivity index (χ0n) is 12.5. The Bertz CT molecular complexity index is 842. The average Bonchev–Trinajstić information content (AvgIpc) is 3.01. The van der Waals surface area contributed by atoms with Crippen molar-refractivity contribution in [2.24, 2.45) is 0 Å². The summed E-state index contributed by atoms with van der Waals surface area (Å²) in [6, 6.07) is 18.3. The third kappa shape index (κ3) is 2.02. The van der Waals surface area contributed by atoms with Crippen molar-refractivity contribution in [1.29, 1.82) is 0 Å². The van der Waals surface area contributed by atoms with E-state index in [-0.39, 0.29) is 26.2 Å². The van der Waals surface area contributed by atoms with Crippen LogP contribution >= 0.6 is 0 Å². The maximum absolute atomic E-state index is 13.9. The molecule has 0 saturated heterocycles. The normalized spacial score (nSPS) is 15.3. The topological polar surface area (TPSA) is 3.24 Å². The first kappa shape index (κ1) is 14.3. The predicted octanol–water partition coefficient (Wildman–Crippen LogP) is 3.49. The first-order valence-corrected chi connectivity index (χ1v) is 12.8. The minimum atomic E-state index is -1.79. The van der Waals surface area contributed by atoms with Crippen LogP contribution < -0.4 is 15.3 Å². The molecular weight excluding hydrogens is 405 g/mol. The molecule has 110 valence electrons. The fourth-order valence-electron chi connectivity index (χ4n) is 3.32. The molecule has 0 atom stereocenters. The van der Waals surface area contributed by atoms with E-state index in [1.54, 1.807) is 12.1 Å². The van der Waals surface area contributed by atoms with Gasteiger partial charge in [0.05, 0.1) is 0 Å². The van der Waals surface area contributed by atoms with Crippen LogP contribution in [0.4, 0.5) is 19.5 Å². The molecule has 3 aromatic rings. The van der Waals surface area contributed by atoms with E-state index in [4.69, 9.17) is 0 Å². The molecule has 0 spiro atoms. The van der Waals surface area contributed by atoms with Gasteiger partial charge in [0.15, 0.2) is 0 Å². The van der Waals surface area contributed by atoms with Gasteiger partial charge in [0, 0.05) is 0 Å². The van der Waals surface area contributed by atoms with Crippen LogP contribution in [0.25, 0.3) is 0 Å². The number of benzene rings is 2. The minimum absolute atomic E-state index is 0.153. The Labute approximate surface area is 140 Å². The number of hydrogen-bond donors (Lipinski definition) is 0. The molecule has 0 radical (unpaired) electrons. The summed E-state index contributed by atoms with van der Waals surface area (Å²) in [6.45, 7) is 4.72. The molecule has 1 aromatic heterocycles. The van der Waals surface area contributed by atoms with Crippen molar-refractivity contribution < 1.29 is 4.39 Å². The van der Waals surface area contributed by atoms with Gasteiger partial charge in [0.2, 0.25) is 0 Å². The molecule has 0 aliphatic carbocycles. The second kappa shape index (κ2) is 5.09. The van der Waals surface area contributed by atoms with E-state index in [0.717, 1.165) is 5.69 Å². The molecule has 4 heteroatoms. The van der Waals surface area contributed by atoms with Gasteiger partial charge in [-0.15, -0.1) is 0 Å². The summed E-state index contributed by atoms with van der Waals surface area (Å²) in [6.07, 6.45) is 0. The second-order valence-corrected chi connectivity index (χ2v) is 13.1. The standard InChI is InChI=1S/C18H16FNSiTe/c1-21(2)16-7-4-3-6-14(16)20(18-8-5-11-22-18)15-12-13(19)9-10-17(15)21/h3-12H,1-2H3. The van der Waals surface area contributed by atoms with Crippen LogP contribution in [0.2, 0.25) is 13.1 Å². The molecule has 1 nitrogen and oxygen atoms in total. The van der Waals surface area contributed by atoms with E-state index < -0.39 is 8.07 Å². The summed E-state index contributed by atoms with van der Waals surface area (Å²) in [4.78, 5) is 2.30. The van der Waals surface area contributed by atoms with Crippen LogP contribution in [0, 0.1) is 5.82 Å². The average molecular weight is 421 g/mol. The Morgan fingerprint density at radius 1 is 0.909 bits per heavy atom. The molecule has 2 aromatic carbocycles. The molecule has 0 N–H and O–H groups in total. The summed E-state index contributed by atoms with van der Waals surface area (Å²) in [5.41, 5.74) is 2.30. The summed E-state index contributed by atoms with van der Waals surface area (Å²) < 4.78 is 17.6. The van der Waals surface area contributed by atoms with E-state index >= 15 is 0 Å². The molecule has 22 heavy (non-hydrogen) atoms. The predicted molar refractivity (Wildman–Crippen MR) is 94.8 cm³/mol. The third-order valence-corrected chi connectivity index (χ3v) is 10.4. The van der Waals surface area contributed by atoms with Crippen molar-refractivity contribution in [3.8, 4) is 0 Å². The van der Waals surface area contributed by atoms with Gasteiger partial charge in [0.1, 0.15) is 0 Å². The Kier molecular flexibility index (Phi) is 3.30. The van der Waals surface area contributed by atoms with Crippen molar-refractivity contribution in [3.05, 3.63) is 64.5 Å². The van der Waals surface area contributed by atoms with E-state index in [0.29, 0.717) is 0 Å². The summed E-state index contributed by atoms with van der Waals surface area (Å²) in [5.74, 6) is -0.153. The molecule has 0 fully saturated rings. The van der Waals surface area contributed by atoms with Crippen LogP contribution in [0.15, 0.2) is 58.7 Å². The number of nitrogens with zero attached hydrogens (tertiary/aromatic N) is 1. The molecule has 2 heterocycles. The maximum atomic E-state index is 13.9. The molecule has 1 aliphatic heterocycles. The monoisotopic (exact) mass is 423 g/mol. The Hall–Kier alpha value is -1.34.